The topological polar surface area (TPSA) is 62.0 Å². The van der Waals surface area contributed by atoms with Crippen molar-refractivity contribution in [3.63, 3.8) is 0 Å². The zero-order valence-electron chi connectivity index (χ0n) is 20.9. The Morgan fingerprint density at radius 3 is 2.36 bits per heavy atom. The monoisotopic (exact) mass is 474 g/mol. The zero-order valence-corrected chi connectivity index (χ0v) is 20.9. The van der Waals surface area contributed by atoms with E-state index in [9.17, 15) is 5.26 Å². The van der Waals surface area contributed by atoms with Crippen LogP contribution in [-0.4, -0.2) is 34.6 Å². The van der Waals surface area contributed by atoms with Crippen molar-refractivity contribution in [2.45, 2.75) is 33.2 Å². The second kappa shape index (κ2) is 10.7. The van der Waals surface area contributed by atoms with Gasteiger partial charge in [0, 0.05) is 36.3 Å². The first-order chi connectivity index (χ1) is 17.7. The fraction of sp³-hybridized carbons (Fsp3) is 0.258. The highest BCUT2D eigenvalue weighted by molar-refractivity contribution is 5.98. The van der Waals surface area contributed by atoms with Gasteiger partial charge in [0.2, 0.25) is 5.88 Å². The molecule has 0 aliphatic carbocycles. The third-order valence-corrected chi connectivity index (χ3v) is 6.74. The van der Waals surface area contributed by atoms with Crippen LogP contribution in [0, 0.1) is 18.3 Å². The first-order valence-corrected chi connectivity index (χ1v) is 12.6. The summed E-state index contributed by atoms with van der Waals surface area (Å²) in [5.74, 6) is 0.343. The van der Waals surface area contributed by atoms with E-state index in [0.29, 0.717) is 23.7 Å². The van der Waals surface area contributed by atoms with Gasteiger partial charge in [0.25, 0.3) is 0 Å². The average Bonchev–Trinajstić information content (AvgIpc) is 2.91. The van der Waals surface area contributed by atoms with Crippen LogP contribution in [0.2, 0.25) is 0 Å². The number of hydrogen-bond donors (Lipinski definition) is 0. The van der Waals surface area contributed by atoms with E-state index in [1.54, 1.807) is 0 Å². The molecule has 1 fully saturated rings. The molecule has 2 aromatic carbocycles. The summed E-state index contributed by atoms with van der Waals surface area (Å²) in [6.07, 6.45) is 4.38. The second-order valence-corrected chi connectivity index (χ2v) is 9.18. The van der Waals surface area contributed by atoms with Gasteiger partial charge in [-0.2, -0.15) is 10.2 Å². The lowest BCUT2D eigenvalue weighted by Gasteiger charge is -2.28. The van der Waals surface area contributed by atoms with Crippen molar-refractivity contribution in [2.75, 3.05) is 19.7 Å². The van der Waals surface area contributed by atoms with Gasteiger partial charge in [-0.15, -0.1) is 0 Å². The van der Waals surface area contributed by atoms with Crippen LogP contribution < -0.4 is 4.74 Å². The minimum Gasteiger partial charge on any atom is -0.477 e. The van der Waals surface area contributed by atoms with Crippen molar-refractivity contribution in [3.8, 4) is 23.1 Å². The molecule has 1 aliphatic heterocycles. The van der Waals surface area contributed by atoms with Gasteiger partial charge in [-0.3, -0.25) is 4.90 Å². The van der Waals surface area contributed by atoms with Gasteiger partial charge in [0.05, 0.1) is 6.61 Å². The number of hydrogen-bond acceptors (Lipinski definition) is 5. The number of nitrogens with zero attached hydrogens (tertiary/aromatic N) is 4. The zero-order chi connectivity index (χ0) is 24.9. The number of ether oxygens (including phenoxy) is 1. The normalized spacial score (nSPS) is 14.0. The van der Waals surface area contributed by atoms with Crippen LogP contribution in [0.1, 0.15) is 42.1 Å². The van der Waals surface area contributed by atoms with Gasteiger partial charge in [-0.25, -0.2) is 4.98 Å². The van der Waals surface area contributed by atoms with E-state index in [1.807, 2.05) is 44.2 Å². The molecule has 5 nitrogen and oxygen atoms in total. The Labute approximate surface area is 212 Å². The summed E-state index contributed by atoms with van der Waals surface area (Å²) in [7, 11) is 0. The average molecular weight is 475 g/mol. The number of pyridine rings is 2. The number of nitriles is 1. The third kappa shape index (κ3) is 5.00. The fourth-order valence-electron chi connectivity index (χ4n) is 4.87. The van der Waals surface area contributed by atoms with Gasteiger partial charge in [0.1, 0.15) is 11.6 Å². The Hall–Kier alpha value is -4.01. The minimum absolute atomic E-state index is 0.343. The first-order valence-electron chi connectivity index (χ1n) is 12.6. The highest BCUT2D eigenvalue weighted by Gasteiger charge is 2.20. The lowest BCUT2D eigenvalue weighted by atomic mass is 9.95. The summed E-state index contributed by atoms with van der Waals surface area (Å²) in [4.78, 5) is 12.0. The Bertz CT molecular complexity index is 1430. The van der Waals surface area contributed by atoms with E-state index in [-0.39, 0.29) is 0 Å². The largest absolute Gasteiger partial charge is 0.477 e. The summed E-state index contributed by atoms with van der Waals surface area (Å²) in [5, 5.41) is 10.9. The van der Waals surface area contributed by atoms with Crippen molar-refractivity contribution in [1.29, 1.82) is 5.26 Å². The molecular weight excluding hydrogens is 444 g/mol. The first kappa shape index (κ1) is 23.7. The number of rotatable bonds is 6. The maximum absolute atomic E-state index is 10.1. The lowest BCUT2D eigenvalue weighted by molar-refractivity contribution is 0.249. The Morgan fingerprint density at radius 2 is 1.69 bits per heavy atom. The molecule has 0 radical (unpaired) electrons. The van der Waals surface area contributed by atoms with E-state index in [4.69, 9.17) is 9.72 Å². The molecule has 1 aliphatic rings. The van der Waals surface area contributed by atoms with Crippen LogP contribution in [0.5, 0.6) is 5.88 Å². The molecule has 0 bridgehead atoms. The van der Waals surface area contributed by atoms with E-state index in [2.05, 4.69) is 58.4 Å². The minimum atomic E-state index is 0.343. The molecule has 0 spiro atoms. The Morgan fingerprint density at radius 1 is 1.00 bits per heavy atom. The molecule has 180 valence electrons. The van der Waals surface area contributed by atoms with Crippen molar-refractivity contribution < 1.29 is 4.74 Å². The van der Waals surface area contributed by atoms with Crippen LogP contribution in [0.3, 0.4) is 0 Å². The number of aryl methyl sites for hydroxylation is 1. The Kier molecular flexibility index (Phi) is 7.06. The molecule has 0 saturated carbocycles. The predicted octanol–water partition coefficient (Wildman–Crippen LogP) is 6.56. The number of benzene rings is 2. The summed E-state index contributed by atoms with van der Waals surface area (Å²) in [5.41, 5.74) is 7.66. The predicted molar refractivity (Wildman–Crippen MR) is 145 cm³/mol. The summed E-state index contributed by atoms with van der Waals surface area (Å²) in [6.45, 7) is 7.46. The van der Waals surface area contributed by atoms with E-state index < -0.39 is 0 Å². The van der Waals surface area contributed by atoms with E-state index in [1.165, 1.54) is 11.1 Å². The molecule has 0 N–H and O–H groups in total. The maximum Gasteiger partial charge on any atom is 0.234 e. The van der Waals surface area contributed by atoms with Crippen molar-refractivity contribution in [3.05, 3.63) is 94.7 Å². The fourth-order valence-corrected chi connectivity index (χ4v) is 4.87. The third-order valence-electron chi connectivity index (χ3n) is 6.74. The van der Waals surface area contributed by atoms with Crippen LogP contribution in [-0.2, 0) is 6.54 Å². The SMILES string of the molecule is CCOc1nc2nc(C)c(C=C3CCN(Cc4ccccc4)CC3)cc2c(-c2ccccc2)c1C#N. The molecule has 5 rings (SSSR count). The number of likely N-dealkylation sites (tertiary alicyclic amines) is 1. The summed E-state index contributed by atoms with van der Waals surface area (Å²) in [6, 6.07) is 25.1. The highest BCUT2D eigenvalue weighted by atomic mass is 16.5. The molecule has 4 aromatic rings. The van der Waals surface area contributed by atoms with Crippen LogP contribution in [0.4, 0.5) is 0 Å². The molecule has 36 heavy (non-hydrogen) atoms. The second-order valence-electron chi connectivity index (χ2n) is 9.18. The summed E-state index contributed by atoms with van der Waals surface area (Å²) < 4.78 is 5.75. The van der Waals surface area contributed by atoms with Gasteiger partial charge >= 0.3 is 0 Å². The summed E-state index contributed by atoms with van der Waals surface area (Å²) >= 11 is 0. The van der Waals surface area contributed by atoms with Crippen LogP contribution >= 0.6 is 0 Å². The molecule has 3 heterocycles. The maximum atomic E-state index is 10.1. The van der Waals surface area contributed by atoms with Crippen molar-refractivity contribution in [1.82, 2.24) is 14.9 Å². The van der Waals surface area contributed by atoms with Crippen molar-refractivity contribution >= 4 is 17.1 Å². The molecule has 0 unspecified atom stereocenters. The number of fused-ring (bicyclic) bond motifs is 1. The Balaban J connectivity index is 1.50. The molecule has 5 heteroatoms. The molecular formula is C31H30N4O. The number of aromatic nitrogens is 2. The van der Waals surface area contributed by atoms with Gasteiger partial charge in [-0.1, -0.05) is 72.3 Å². The highest BCUT2D eigenvalue weighted by Crippen LogP contribution is 2.36. The smallest absolute Gasteiger partial charge is 0.234 e. The number of piperidine rings is 1. The van der Waals surface area contributed by atoms with E-state index >= 15 is 0 Å². The van der Waals surface area contributed by atoms with E-state index in [0.717, 1.165) is 60.2 Å². The van der Waals surface area contributed by atoms with Gasteiger partial charge < -0.3 is 4.74 Å². The molecule has 0 amide bonds. The van der Waals surface area contributed by atoms with Gasteiger partial charge in [0.15, 0.2) is 5.65 Å². The van der Waals surface area contributed by atoms with Crippen LogP contribution in [0.15, 0.2) is 72.3 Å². The lowest BCUT2D eigenvalue weighted by Crippen LogP contribution is -2.30. The standard InChI is InChI=1S/C31H30N4O/c1-3-36-31-28(20-32)29(25-12-8-5-9-13-25)27-19-26(22(2)33-30(27)34-31)18-23-14-16-35(17-15-23)21-24-10-6-4-7-11-24/h4-13,18-19H,3,14-17,21H2,1-2H3. The van der Waals surface area contributed by atoms with Crippen LogP contribution in [0.25, 0.3) is 28.2 Å². The molecule has 2 aromatic heterocycles. The van der Waals surface area contributed by atoms with Gasteiger partial charge in [-0.05, 0) is 49.4 Å². The molecule has 1 saturated heterocycles. The quantitative estimate of drug-likeness (QED) is 0.317. The van der Waals surface area contributed by atoms with Crippen molar-refractivity contribution in [2.24, 2.45) is 0 Å². The molecule has 0 atom stereocenters.